The molecular weight excluding hydrogens is 330 g/mol. The second-order valence-corrected chi connectivity index (χ2v) is 5.10. The molecule has 0 aromatic heterocycles. The minimum absolute atomic E-state index is 0.0271. The van der Waals surface area contributed by atoms with Gasteiger partial charge < -0.3 is 9.47 Å². The van der Waals surface area contributed by atoms with E-state index < -0.39 is 11.6 Å². The fourth-order valence-corrected chi connectivity index (χ4v) is 2.43. The smallest absolute Gasteiger partial charge is 0.197 e. The van der Waals surface area contributed by atoms with Crippen molar-refractivity contribution in [1.82, 2.24) is 0 Å². The largest absolute Gasteiger partial charge is 0.495 e. The van der Waals surface area contributed by atoms with Gasteiger partial charge >= 0.3 is 0 Å². The average Bonchev–Trinajstić information content (AvgIpc) is 2.50. The highest BCUT2D eigenvalue weighted by molar-refractivity contribution is 6.45. The van der Waals surface area contributed by atoms with E-state index in [2.05, 4.69) is 0 Å². The van der Waals surface area contributed by atoms with Crippen molar-refractivity contribution in [2.24, 2.45) is 0 Å². The minimum Gasteiger partial charge on any atom is -0.495 e. The first-order valence-corrected chi connectivity index (χ1v) is 7.24. The lowest BCUT2D eigenvalue weighted by molar-refractivity contribution is 0.103. The van der Waals surface area contributed by atoms with Gasteiger partial charge in [0.05, 0.1) is 24.3 Å². The lowest BCUT2D eigenvalue weighted by atomic mass is 10.0. The number of carbonyl (C=O) groups excluding carboxylic acids is 1. The van der Waals surface area contributed by atoms with Crippen molar-refractivity contribution in [3.05, 3.63) is 57.3 Å². The zero-order valence-electron chi connectivity index (χ0n) is 12.0. The van der Waals surface area contributed by atoms with E-state index in [0.29, 0.717) is 18.1 Å². The Hall–Kier alpha value is -1.78. The highest BCUT2D eigenvalue weighted by Crippen LogP contribution is 2.35. The van der Waals surface area contributed by atoms with Crippen LogP contribution >= 0.6 is 23.2 Å². The number of carbonyl (C=O) groups is 1. The average molecular weight is 343 g/mol. The lowest BCUT2D eigenvalue weighted by Gasteiger charge is -2.10. The van der Waals surface area contributed by atoms with Gasteiger partial charge in [-0.1, -0.05) is 23.2 Å². The summed E-state index contributed by atoms with van der Waals surface area (Å²) < 4.78 is 24.3. The van der Waals surface area contributed by atoms with Crippen LogP contribution in [0.4, 0.5) is 4.39 Å². The van der Waals surface area contributed by atoms with Crippen LogP contribution in [0.1, 0.15) is 22.8 Å². The molecule has 2 rings (SSSR count). The van der Waals surface area contributed by atoms with Crippen molar-refractivity contribution in [2.45, 2.75) is 6.92 Å². The summed E-state index contributed by atoms with van der Waals surface area (Å²) in [6.07, 6.45) is 0. The zero-order chi connectivity index (χ0) is 16.3. The molecule has 0 saturated carbocycles. The van der Waals surface area contributed by atoms with Crippen LogP contribution in [0.15, 0.2) is 30.3 Å². The molecule has 0 bridgehead atoms. The summed E-state index contributed by atoms with van der Waals surface area (Å²) in [5.74, 6) is -0.542. The van der Waals surface area contributed by atoms with Gasteiger partial charge in [-0.15, -0.1) is 0 Å². The summed E-state index contributed by atoms with van der Waals surface area (Å²) in [6.45, 7) is 2.20. The summed E-state index contributed by atoms with van der Waals surface area (Å²) in [4.78, 5) is 12.4. The molecule has 0 amide bonds. The Morgan fingerprint density at radius 1 is 1.14 bits per heavy atom. The van der Waals surface area contributed by atoms with Gasteiger partial charge in [0.25, 0.3) is 0 Å². The van der Waals surface area contributed by atoms with Crippen LogP contribution < -0.4 is 9.47 Å². The zero-order valence-corrected chi connectivity index (χ0v) is 13.5. The van der Waals surface area contributed by atoms with Gasteiger partial charge in [-0.2, -0.15) is 0 Å². The van der Waals surface area contributed by atoms with Crippen LogP contribution in [-0.4, -0.2) is 19.5 Å². The molecule has 2 aromatic carbocycles. The van der Waals surface area contributed by atoms with Gasteiger partial charge in [-0.05, 0) is 31.2 Å². The highest BCUT2D eigenvalue weighted by atomic mass is 35.5. The second-order valence-electron chi connectivity index (χ2n) is 4.35. The maximum absolute atomic E-state index is 14.1. The Morgan fingerprint density at radius 3 is 2.41 bits per heavy atom. The molecule has 0 fully saturated rings. The van der Waals surface area contributed by atoms with Crippen molar-refractivity contribution < 1.29 is 18.7 Å². The van der Waals surface area contributed by atoms with E-state index in [1.54, 1.807) is 6.92 Å². The molecule has 0 saturated heterocycles. The summed E-state index contributed by atoms with van der Waals surface area (Å²) in [5, 5.41) is 0.140. The fraction of sp³-hybridized carbons (Fsp3) is 0.188. The Bertz CT molecular complexity index is 717. The number of methoxy groups -OCH3 is 1. The summed E-state index contributed by atoms with van der Waals surface area (Å²) in [6, 6.07) is 7.00. The number of benzene rings is 2. The SMILES string of the molecule is CCOc1ccc(C(=O)c2ccc(OC)c(Cl)c2Cl)c(F)c1. The molecule has 2 aromatic rings. The molecule has 0 unspecified atom stereocenters. The number of rotatable bonds is 5. The third kappa shape index (κ3) is 3.18. The van der Waals surface area contributed by atoms with Crippen LogP contribution in [-0.2, 0) is 0 Å². The predicted octanol–water partition coefficient (Wildman–Crippen LogP) is 4.77. The van der Waals surface area contributed by atoms with Crippen LogP contribution in [0, 0.1) is 5.82 Å². The Balaban J connectivity index is 2.42. The number of hydrogen-bond acceptors (Lipinski definition) is 3. The fourth-order valence-electron chi connectivity index (χ4n) is 1.95. The van der Waals surface area contributed by atoms with Crippen molar-refractivity contribution in [2.75, 3.05) is 13.7 Å². The first-order valence-electron chi connectivity index (χ1n) is 6.48. The standard InChI is InChI=1S/C16H13Cl2FO3/c1-3-22-9-4-5-10(12(19)8-9)16(20)11-6-7-13(21-2)15(18)14(11)17/h4-8H,3H2,1-2H3. The minimum atomic E-state index is -0.682. The van der Waals surface area contributed by atoms with Crippen molar-refractivity contribution in [3.8, 4) is 11.5 Å². The number of ketones is 1. The predicted molar refractivity (Wildman–Crippen MR) is 84.0 cm³/mol. The molecule has 0 atom stereocenters. The van der Waals surface area contributed by atoms with E-state index in [9.17, 15) is 9.18 Å². The summed E-state index contributed by atoms with van der Waals surface area (Å²) in [7, 11) is 1.44. The molecule has 116 valence electrons. The van der Waals surface area contributed by atoms with Gasteiger partial charge in [0.1, 0.15) is 22.3 Å². The van der Waals surface area contributed by atoms with Crippen molar-refractivity contribution in [3.63, 3.8) is 0 Å². The Kier molecular flexibility index (Phi) is 5.27. The van der Waals surface area contributed by atoms with Gasteiger partial charge in [0.15, 0.2) is 5.78 Å². The summed E-state index contributed by atoms with van der Waals surface area (Å²) >= 11 is 12.1. The Morgan fingerprint density at radius 2 is 1.82 bits per heavy atom. The number of hydrogen-bond donors (Lipinski definition) is 0. The van der Waals surface area contributed by atoms with Gasteiger partial charge in [0.2, 0.25) is 0 Å². The third-order valence-electron chi connectivity index (χ3n) is 3.01. The van der Waals surface area contributed by atoms with E-state index in [4.69, 9.17) is 32.7 Å². The summed E-state index contributed by atoms with van der Waals surface area (Å²) in [5.41, 5.74) is 0.00196. The molecule has 22 heavy (non-hydrogen) atoms. The Labute approximate surface area is 137 Å². The van der Waals surface area contributed by atoms with Gasteiger partial charge in [0, 0.05) is 11.6 Å². The number of halogens is 3. The molecule has 0 aliphatic rings. The normalized spacial score (nSPS) is 10.4. The monoisotopic (exact) mass is 342 g/mol. The molecule has 0 spiro atoms. The van der Waals surface area contributed by atoms with E-state index in [1.165, 1.54) is 31.4 Å². The lowest BCUT2D eigenvalue weighted by Crippen LogP contribution is -2.06. The number of ether oxygens (including phenoxy) is 2. The van der Waals surface area contributed by atoms with E-state index in [0.717, 1.165) is 6.07 Å². The van der Waals surface area contributed by atoms with Crippen LogP contribution in [0.2, 0.25) is 10.0 Å². The molecule has 0 N–H and O–H groups in total. The highest BCUT2D eigenvalue weighted by Gasteiger charge is 2.20. The third-order valence-corrected chi connectivity index (χ3v) is 3.87. The van der Waals surface area contributed by atoms with E-state index >= 15 is 0 Å². The van der Waals surface area contributed by atoms with E-state index in [1.807, 2.05) is 0 Å². The van der Waals surface area contributed by atoms with Crippen LogP contribution in [0.5, 0.6) is 11.5 Å². The molecule has 0 radical (unpaired) electrons. The first kappa shape index (κ1) is 16.6. The molecule has 3 nitrogen and oxygen atoms in total. The van der Waals surface area contributed by atoms with Gasteiger partial charge in [-0.25, -0.2) is 4.39 Å². The van der Waals surface area contributed by atoms with Crippen molar-refractivity contribution >= 4 is 29.0 Å². The second kappa shape index (κ2) is 6.99. The van der Waals surface area contributed by atoms with Crippen molar-refractivity contribution in [1.29, 1.82) is 0 Å². The molecule has 6 heteroatoms. The van der Waals surface area contributed by atoms with E-state index in [-0.39, 0.29) is 21.2 Å². The molecule has 0 aliphatic carbocycles. The topological polar surface area (TPSA) is 35.5 Å². The van der Waals surface area contributed by atoms with Crippen LogP contribution in [0.25, 0.3) is 0 Å². The maximum Gasteiger partial charge on any atom is 0.197 e. The molecule has 0 heterocycles. The van der Waals surface area contributed by atoms with Gasteiger partial charge in [-0.3, -0.25) is 4.79 Å². The molecular formula is C16H13Cl2FO3. The molecule has 0 aliphatic heterocycles. The first-order chi connectivity index (χ1) is 10.5. The quantitative estimate of drug-likeness (QED) is 0.734. The van der Waals surface area contributed by atoms with Crippen LogP contribution in [0.3, 0.4) is 0 Å². The maximum atomic E-state index is 14.1.